The molecule has 1 fully saturated rings. The zero-order valence-corrected chi connectivity index (χ0v) is 13.3. The predicted molar refractivity (Wildman–Crippen MR) is 87.2 cm³/mol. The van der Waals surface area contributed by atoms with Crippen molar-refractivity contribution in [2.24, 2.45) is 0 Å². The second-order valence-corrected chi connectivity index (χ2v) is 5.52. The van der Waals surface area contributed by atoms with E-state index >= 15 is 0 Å². The van der Waals surface area contributed by atoms with Crippen LogP contribution in [0.5, 0.6) is 0 Å². The van der Waals surface area contributed by atoms with Crippen LogP contribution in [0.15, 0.2) is 24.3 Å². The Labute approximate surface area is 138 Å². The number of anilines is 1. The summed E-state index contributed by atoms with van der Waals surface area (Å²) in [4.78, 5) is 22.9. The second-order valence-electron chi connectivity index (χ2n) is 5.52. The third kappa shape index (κ3) is 3.86. The first-order valence-corrected chi connectivity index (χ1v) is 7.87. The SMILES string of the molecule is CCNC(=O)NC(=O)CNc1ccc(-c2nnnn2C2CC2)cc1. The molecular weight excluding hydrogens is 310 g/mol. The molecular formula is C15H19N7O2. The number of carbonyl (C=O) groups is 2. The van der Waals surface area contributed by atoms with Crippen LogP contribution < -0.4 is 16.0 Å². The minimum atomic E-state index is -0.494. The molecule has 9 heteroatoms. The van der Waals surface area contributed by atoms with Gasteiger partial charge in [0.1, 0.15) is 0 Å². The van der Waals surface area contributed by atoms with Gasteiger partial charge in [-0.2, -0.15) is 0 Å². The largest absolute Gasteiger partial charge is 0.376 e. The summed E-state index contributed by atoms with van der Waals surface area (Å²) in [6, 6.07) is 7.40. The Balaban J connectivity index is 1.56. The van der Waals surface area contributed by atoms with Crippen molar-refractivity contribution in [3.63, 3.8) is 0 Å². The average molecular weight is 329 g/mol. The molecule has 0 radical (unpaired) electrons. The normalized spacial score (nSPS) is 13.4. The lowest BCUT2D eigenvalue weighted by Crippen LogP contribution is -2.41. The zero-order valence-electron chi connectivity index (χ0n) is 13.3. The van der Waals surface area contributed by atoms with Gasteiger partial charge in [0.05, 0.1) is 12.6 Å². The predicted octanol–water partition coefficient (Wildman–Crippen LogP) is 0.933. The number of hydrogen-bond donors (Lipinski definition) is 3. The van der Waals surface area contributed by atoms with Gasteiger partial charge in [-0.1, -0.05) is 0 Å². The molecule has 1 aliphatic carbocycles. The van der Waals surface area contributed by atoms with E-state index < -0.39 is 11.9 Å². The Hall–Kier alpha value is -2.97. The van der Waals surface area contributed by atoms with E-state index in [1.54, 1.807) is 6.92 Å². The molecule has 2 aromatic rings. The summed E-state index contributed by atoms with van der Waals surface area (Å²) in [7, 11) is 0. The highest BCUT2D eigenvalue weighted by Crippen LogP contribution is 2.36. The molecule has 0 atom stereocenters. The van der Waals surface area contributed by atoms with Crippen LogP contribution in [-0.2, 0) is 4.79 Å². The summed E-state index contributed by atoms with van der Waals surface area (Å²) in [5.41, 5.74) is 1.69. The Morgan fingerprint density at radius 3 is 2.67 bits per heavy atom. The smallest absolute Gasteiger partial charge is 0.321 e. The molecule has 1 saturated carbocycles. The summed E-state index contributed by atoms with van der Waals surface area (Å²) in [5.74, 6) is 0.348. The Bertz CT molecular complexity index is 722. The number of urea groups is 1. The van der Waals surface area contributed by atoms with Gasteiger partial charge in [-0.3, -0.25) is 10.1 Å². The van der Waals surface area contributed by atoms with Crippen molar-refractivity contribution in [2.45, 2.75) is 25.8 Å². The molecule has 1 aromatic carbocycles. The third-order valence-electron chi connectivity index (χ3n) is 3.57. The van der Waals surface area contributed by atoms with Crippen molar-refractivity contribution in [3.8, 4) is 11.4 Å². The van der Waals surface area contributed by atoms with Crippen molar-refractivity contribution in [1.29, 1.82) is 0 Å². The minimum Gasteiger partial charge on any atom is -0.376 e. The minimum absolute atomic E-state index is 0.0102. The van der Waals surface area contributed by atoms with Gasteiger partial charge >= 0.3 is 6.03 Å². The van der Waals surface area contributed by atoms with Crippen LogP contribution in [0.2, 0.25) is 0 Å². The number of imide groups is 1. The average Bonchev–Trinajstić information content (AvgIpc) is 3.30. The standard InChI is InChI=1S/C15H19N7O2/c1-2-16-15(24)18-13(23)9-17-11-5-3-10(4-6-11)14-19-20-21-22(14)12-7-8-12/h3-6,12,17H,2,7-9H2,1H3,(H2,16,18,23,24). The van der Waals surface area contributed by atoms with Crippen LogP contribution in [-0.4, -0.2) is 45.2 Å². The van der Waals surface area contributed by atoms with Crippen molar-refractivity contribution in [2.75, 3.05) is 18.4 Å². The highest BCUT2D eigenvalue weighted by atomic mass is 16.2. The van der Waals surface area contributed by atoms with Crippen LogP contribution in [0.4, 0.5) is 10.5 Å². The van der Waals surface area contributed by atoms with Crippen LogP contribution in [0.3, 0.4) is 0 Å². The van der Waals surface area contributed by atoms with E-state index in [9.17, 15) is 9.59 Å². The number of hydrogen-bond acceptors (Lipinski definition) is 6. The first-order chi connectivity index (χ1) is 11.7. The highest BCUT2D eigenvalue weighted by molar-refractivity contribution is 5.96. The fourth-order valence-corrected chi connectivity index (χ4v) is 2.24. The van der Waals surface area contributed by atoms with E-state index in [4.69, 9.17) is 0 Å². The molecule has 0 unspecified atom stereocenters. The summed E-state index contributed by atoms with van der Waals surface area (Å²) in [6.45, 7) is 2.26. The van der Waals surface area contributed by atoms with Gasteiger partial charge < -0.3 is 10.6 Å². The van der Waals surface area contributed by atoms with Gasteiger partial charge in [-0.25, -0.2) is 9.48 Å². The van der Waals surface area contributed by atoms with E-state index in [0.29, 0.717) is 12.6 Å². The van der Waals surface area contributed by atoms with Crippen molar-refractivity contribution >= 4 is 17.6 Å². The molecule has 126 valence electrons. The molecule has 9 nitrogen and oxygen atoms in total. The molecule has 3 N–H and O–H groups in total. The number of rotatable bonds is 6. The van der Waals surface area contributed by atoms with Gasteiger partial charge in [-0.15, -0.1) is 5.10 Å². The number of carbonyl (C=O) groups excluding carboxylic acids is 2. The molecule has 1 aliphatic rings. The number of amides is 3. The summed E-state index contributed by atoms with van der Waals surface area (Å²) in [6.07, 6.45) is 2.22. The summed E-state index contributed by atoms with van der Waals surface area (Å²) >= 11 is 0. The van der Waals surface area contributed by atoms with E-state index in [1.807, 2.05) is 28.9 Å². The molecule has 0 aliphatic heterocycles. The maximum Gasteiger partial charge on any atom is 0.321 e. The van der Waals surface area contributed by atoms with Crippen molar-refractivity contribution < 1.29 is 9.59 Å². The van der Waals surface area contributed by atoms with Gasteiger partial charge in [0.25, 0.3) is 0 Å². The van der Waals surface area contributed by atoms with Crippen LogP contribution in [0, 0.1) is 0 Å². The number of nitrogens with one attached hydrogen (secondary N) is 3. The van der Waals surface area contributed by atoms with Gasteiger partial charge in [0.15, 0.2) is 5.82 Å². The molecule has 0 bridgehead atoms. The van der Waals surface area contributed by atoms with Gasteiger partial charge in [-0.05, 0) is 54.5 Å². The Morgan fingerprint density at radius 2 is 2.00 bits per heavy atom. The molecule has 1 heterocycles. The molecule has 1 aromatic heterocycles. The highest BCUT2D eigenvalue weighted by Gasteiger charge is 2.28. The lowest BCUT2D eigenvalue weighted by Gasteiger charge is -2.08. The monoisotopic (exact) mass is 329 g/mol. The third-order valence-corrected chi connectivity index (χ3v) is 3.57. The van der Waals surface area contributed by atoms with E-state index in [-0.39, 0.29) is 6.54 Å². The summed E-state index contributed by atoms with van der Waals surface area (Å²) in [5, 5.41) is 19.5. The second kappa shape index (κ2) is 7.07. The molecule has 0 spiro atoms. The fourth-order valence-electron chi connectivity index (χ4n) is 2.24. The van der Waals surface area contributed by atoms with E-state index in [1.165, 1.54) is 0 Å². The molecule has 24 heavy (non-hydrogen) atoms. The van der Waals surface area contributed by atoms with E-state index in [0.717, 1.165) is 29.9 Å². The van der Waals surface area contributed by atoms with E-state index in [2.05, 4.69) is 31.5 Å². The molecule has 3 rings (SSSR count). The lowest BCUT2D eigenvalue weighted by molar-refractivity contribution is -0.118. The maximum absolute atomic E-state index is 11.6. The van der Waals surface area contributed by atoms with Crippen molar-refractivity contribution in [1.82, 2.24) is 30.8 Å². The number of tetrazole rings is 1. The quantitative estimate of drug-likeness (QED) is 0.726. The van der Waals surface area contributed by atoms with Crippen LogP contribution in [0.1, 0.15) is 25.8 Å². The zero-order chi connectivity index (χ0) is 16.9. The van der Waals surface area contributed by atoms with Gasteiger partial charge in [0.2, 0.25) is 5.91 Å². The number of benzene rings is 1. The lowest BCUT2D eigenvalue weighted by atomic mass is 10.2. The summed E-state index contributed by atoms with van der Waals surface area (Å²) < 4.78 is 1.85. The Kier molecular flexibility index (Phi) is 4.69. The Morgan fingerprint density at radius 1 is 1.25 bits per heavy atom. The van der Waals surface area contributed by atoms with Crippen molar-refractivity contribution in [3.05, 3.63) is 24.3 Å². The molecule has 3 amide bonds. The molecule has 0 saturated heterocycles. The van der Waals surface area contributed by atoms with Gasteiger partial charge in [0, 0.05) is 17.8 Å². The number of aromatic nitrogens is 4. The number of nitrogens with zero attached hydrogens (tertiary/aromatic N) is 4. The van der Waals surface area contributed by atoms with Crippen LogP contribution >= 0.6 is 0 Å². The maximum atomic E-state index is 11.6. The first-order valence-electron chi connectivity index (χ1n) is 7.87. The fraction of sp³-hybridized carbons (Fsp3) is 0.400. The van der Waals surface area contributed by atoms with Crippen LogP contribution in [0.25, 0.3) is 11.4 Å². The first kappa shape index (κ1) is 15.9. The topological polar surface area (TPSA) is 114 Å².